The summed E-state index contributed by atoms with van der Waals surface area (Å²) in [6.07, 6.45) is 0. The molecule has 0 fully saturated rings. The highest BCUT2D eigenvalue weighted by Gasteiger charge is 2.08. The van der Waals surface area contributed by atoms with Gasteiger partial charge in [0.2, 0.25) is 0 Å². The molecular weight excluding hydrogens is 213 g/mol. The Bertz CT molecular complexity index is 100. The van der Waals surface area contributed by atoms with Crippen LogP contribution in [0.15, 0.2) is 9.52 Å². The van der Waals surface area contributed by atoms with Crippen LogP contribution in [0.1, 0.15) is 0 Å². The van der Waals surface area contributed by atoms with Gasteiger partial charge >= 0.3 is 0 Å². The quantitative estimate of drug-likeness (QED) is 0.621. The first-order chi connectivity index (χ1) is 3.55. The van der Waals surface area contributed by atoms with Crippen LogP contribution in [-0.4, -0.2) is 0 Å². The maximum Gasteiger partial charge on any atom is 0.193 e. The SMILES string of the molecule is Cl[C](Cl)C(Cl)=C(Cl)Cl. The maximum absolute atomic E-state index is 5.27. The molecule has 0 heterocycles. The predicted octanol–water partition coefficient (Wildman–Crippen LogP) is 3.84. The second kappa shape index (κ2) is 4.08. The van der Waals surface area contributed by atoms with Crippen molar-refractivity contribution < 1.29 is 0 Å². The fourth-order valence-electron chi connectivity index (χ4n) is 0.0714. The molecule has 8 heavy (non-hydrogen) atoms. The van der Waals surface area contributed by atoms with Gasteiger partial charge in [-0.3, -0.25) is 0 Å². The minimum atomic E-state index is -0.133. The standard InChI is InChI=1S/C3Cl5/c4-1(2(5)6)3(7)8. The zero-order valence-electron chi connectivity index (χ0n) is 3.39. The summed E-state index contributed by atoms with van der Waals surface area (Å²) < 4.78 is -0.133. The molecule has 0 aliphatic carbocycles. The topological polar surface area (TPSA) is 0 Å². The van der Waals surface area contributed by atoms with Crippen molar-refractivity contribution in [1.29, 1.82) is 0 Å². The summed E-state index contributed by atoms with van der Waals surface area (Å²) in [5.74, 6) is 0. The highest BCUT2D eigenvalue weighted by molar-refractivity contribution is 6.66. The molecule has 0 spiro atoms. The highest BCUT2D eigenvalue weighted by Crippen LogP contribution is 2.32. The van der Waals surface area contributed by atoms with Gasteiger partial charge in [0.1, 0.15) is 4.49 Å². The molecule has 0 rings (SSSR count). The second-order valence-electron chi connectivity index (χ2n) is 0.835. The zero-order valence-corrected chi connectivity index (χ0v) is 7.17. The van der Waals surface area contributed by atoms with Gasteiger partial charge in [0.05, 0.1) is 5.03 Å². The molecule has 0 saturated heterocycles. The van der Waals surface area contributed by atoms with Crippen molar-refractivity contribution >= 4 is 58.0 Å². The lowest BCUT2D eigenvalue weighted by Crippen LogP contribution is -1.73. The normalized spacial score (nSPS) is 9.75. The van der Waals surface area contributed by atoms with Crippen molar-refractivity contribution in [3.05, 3.63) is 14.4 Å². The van der Waals surface area contributed by atoms with Crippen LogP contribution in [0, 0.1) is 4.84 Å². The molecule has 0 saturated carbocycles. The van der Waals surface area contributed by atoms with Crippen molar-refractivity contribution in [2.24, 2.45) is 0 Å². The lowest BCUT2D eigenvalue weighted by atomic mass is 10.7. The molecule has 0 aliphatic rings. The Morgan fingerprint density at radius 2 is 1.12 bits per heavy atom. The monoisotopic (exact) mass is 211 g/mol. The lowest BCUT2D eigenvalue weighted by molar-refractivity contribution is 1.80. The predicted molar refractivity (Wildman–Crippen MR) is 39.5 cm³/mol. The molecule has 0 atom stereocenters. The van der Waals surface area contributed by atoms with E-state index in [1.807, 2.05) is 0 Å². The van der Waals surface area contributed by atoms with E-state index in [0.717, 1.165) is 0 Å². The van der Waals surface area contributed by atoms with E-state index >= 15 is 0 Å². The fourth-order valence-corrected chi connectivity index (χ4v) is 0.643. The van der Waals surface area contributed by atoms with E-state index in [1.165, 1.54) is 0 Å². The minimum Gasteiger partial charge on any atom is -0.0914 e. The summed E-state index contributed by atoms with van der Waals surface area (Å²) in [6, 6.07) is 0. The average molecular weight is 213 g/mol. The molecule has 0 N–H and O–H groups in total. The summed E-state index contributed by atoms with van der Waals surface area (Å²) in [5, 5.41) is -0.0309. The van der Waals surface area contributed by atoms with Gasteiger partial charge in [-0.15, -0.1) is 0 Å². The van der Waals surface area contributed by atoms with Gasteiger partial charge in [-0.25, -0.2) is 0 Å². The third-order valence-corrected chi connectivity index (χ3v) is 1.85. The molecular formula is C3Cl5. The summed E-state index contributed by atoms with van der Waals surface area (Å²) in [5.41, 5.74) is 0. The lowest BCUT2D eigenvalue weighted by Gasteiger charge is -1.93. The van der Waals surface area contributed by atoms with Crippen molar-refractivity contribution in [1.82, 2.24) is 0 Å². The van der Waals surface area contributed by atoms with Crippen LogP contribution >= 0.6 is 58.0 Å². The van der Waals surface area contributed by atoms with E-state index in [2.05, 4.69) is 0 Å². The van der Waals surface area contributed by atoms with Crippen LogP contribution in [0.3, 0.4) is 0 Å². The highest BCUT2D eigenvalue weighted by atomic mass is 35.5. The summed E-state index contributed by atoms with van der Waals surface area (Å²) in [4.78, 5) is -0.133. The Morgan fingerprint density at radius 3 is 1.12 bits per heavy atom. The molecule has 0 aromatic rings. The first-order valence-corrected chi connectivity index (χ1v) is 3.33. The number of hydrogen-bond acceptors (Lipinski definition) is 0. The van der Waals surface area contributed by atoms with Crippen LogP contribution < -0.4 is 0 Å². The van der Waals surface area contributed by atoms with Crippen molar-refractivity contribution in [2.75, 3.05) is 0 Å². The molecule has 0 nitrogen and oxygen atoms in total. The van der Waals surface area contributed by atoms with Crippen LogP contribution in [0.4, 0.5) is 0 Å². The van der Waals surface area contributed by atoms with Crippen molar-refractivity contribution in [2.45, 2.75) is 0 Å². The van der Waals surface area contributed by atoms with E-state index in [4.69, 9.17) is 58.0 Å². The van der Waals surface area contributed by atoms with Crippen molar-refractivity contribution in [3.8, 4) is 0 Å². The smallest absolute Gasteiger partial charge is 0.0914 e. The largest absolute Gasteiger partial charge is 0.193 e. The molecule has 5 heteroatoms. The maximum atomic E-state index is 5.27. The summed E-state index contributed by atoms with van der Waals surface area (Å²) in [6.45, 7) is 0. The average Bonchev–Trinajstić information content (AvgIpc) is 1.64. The van der Waals surface area contributed by atoms with E-state index in [-0.39, 0.29) is 14.4 Å². The molecule has 0 aromatic heterocycles. The third-order valence-electron chi connectivity index (χ3n) is 0.332. The van der Waals surface area contributed by atoms with E-state index in [9.17, 15) is 0 Å². The van der Waals surface area contributed by atoms with Gasteiger partial charge in [0.15, 0.2) is 4.84 Å². The Hall–Kier alpha value is 1.19. The van der Waals surface area contributed by atoms with Crippen LogP contribution in [0.5, 0.6) is 0 Å². The summed E-state index contributed by atoms with van der Waals surface area (Å²) in [7, 11) is 0. The molecule has 0 aliphatic heterocycles. The van der Waals surface area contributed by atoms with Gasteiger partial charge in [-0.1, -0.05) is 58.0 Å². The second-order valence-corrected chi connectivity index (χ2v) is 3.11. The van der Waals surface area contributed by atoms with Crippen molar-refractivity contribution in [3.63, 3.8) is 0 Å². The summed E-state index contributed by atoms with van der Waals surface area (Å²) >= 11 is 25.9. The third kappa shape index (κ3) is 3.26. The Morgan fingerprint density at radius 1 is 0.750 bits per heavy atom. The Labute approximate surface area is 72.3 Å². The van der Waals surface area contributed by atoms with Gasteiger partial charge in [0.25, 0.3) is 0 Å². The number of hydrogen-bond donors (Lipinski definition) is 0. The minimum absolute atomic E-state index is 0.0309. The molecule has 0 aromatic carbocycles. The number of allylic oxidation sites excluding steroid dienone is 1. The Kier molecular flexibility index (Phi) is 4.68. The van der Waals surface area contributed by atoms with Gasteiger partial charge in [-0.2, -0.15) is 0 Å². The first-order valence-electron chi connectivity index (χ1n) is 1.44. The van der Waals surface area contributed by atoms with E-state index < -0.39 is 0 Å². The number of rotatable bonds is 1. The Balaban J connectivity index is 4.00. The number of halogens is 5. The molecule has 0 bridgehead atoms. The molecule has 47 valence electrons. The molecule has 0 amide bonds. The zero-order chi connectivity index (χ0) is 6.73. The molecule has 0 unspecified atom stereocenters. The van der Waals surface area contributed by atoms with E-state index in [0.29, 0.717) is 0 Å². The van der Waals surface area contributed by atoms with Gasteiger partial charge in [-0.05, 0) is 0 Å². The van der Waals surface area contributed by atoms with Crippen LogP contribution in [-0.2, 0) is 0 Å². The first kappa shape index (κ1) is 9.19. The van der Waals surface area contributed by atoms with Gasteiger partial charge in [0, 0.05) is 0 Å². The molecule has 1 radical (unpaired) electrons. The van der Waals surface area contributed by atoms with Gasteiger partial charge < -0.3 is 0 Å². The van der Waals surface area contributed by atoms with Crippen LogP contribution in [0.2, 0.25) is 0 Å². The van der Waals surface area contributed by atoms with E-state index in [1.54, 1.807) is 0 Å². The van der Waals surface area contributed by atoms with Crippen LogP contribution in [0.25, 0.3) is 0 Å². The fraction of sp³-hybridized carbons (Fsp3) is 0.